The summed E-state index contributed by atoms with van der Waals surface area (Å²) in [6.07, 6.45) is 1.91. The molecule has 2 fully saturated rings. The Balaban J connectivity index is 1.40. The Bertz CT molecular complexity index is 1280. The fourth-order valence-corrected chi connectivity index (χ4v) is 4.60. The van der Waals surface area contributed by atoms with Gasteiger partial charge in [-0.15, -0.1) is 0 Å². The number of pyridine rings is 1. The van der Waals surface area contributed by atoms with Gasteiger partial charge in [-0.3, -0.25) is 0 Å². The van der Waals surface area contributed by atoms with Crippen molar-refractivity contribution in [3.05, 3.63) is 41.4 Å². The van der Waals surface area contributed by atoms with Gasteiger partial charge in [0.05, 0.1) is 23.3 Å². The first kappa shape index (κ1) is 22.4. The number of anilines is 3. The summed E-state index contributed by atoms with van der Waals surface area (Å²) in [6.45, 7) is 6.77. The van der Waals surface area contributed by atoms with E-state index in [9.17, 15) is 14.3 Å². The van der Waals surface area contributed by atoms with Crippen LogP contribution in [0.25, 0.3) is 11.0 Å². The number of piperazine rings is 1. The van der Waals surface area contributed by atoms with Crippen molar-refractivity contribution in [1.82, 2.24) is 19.9 Å². The van der Waals surface area contributed by atoms with Crippen LogP contribution in [0.1, 0.15) is 27.2 Å². The predicted molar refractivity (Wildman–Crippen MR) is 126 cm³/mol. The number of halogens is 2. The van der Waals surface area contributed by atoms with E-state index in [1.807, 2.05) is 32.9 Å². The van der Waals surface area contributed by atoms with Crippen molar-refractivity contribution in [2.45, 2.75) is 44.9 Å². The van der Waals surface area contributed by atoms with Crippen LogP contribution in [0.15, 0.2) is 30.6 Å². The SMILES string of the molecule is CC(C)(C)OC(=O)N1C[C@@H]2C[C@H]1CN2c1ccc2ncnc(Nc3ccc(O)c(Cl)c3F)c2n1. The van der Waals surface area contributed by atoms with Gasteiger partial charge in [0, 0.05) is 13.1 Å². The average molecular weight is 487 g/mol. The molecule has 0 spiro atoms. The second kappa shape index (κ2) is 8.12. The van der Waals surface area contributed by atoms with E-state index in [0.29, 0.717) is 29.9 Å². The summed E-state index contributed by atoms with van der Waals surface area (Å²) in [4.78, 5) is 29.8. The Hall–Kier alpha value is -3.40. The standard InChI is InChI=1S/C23H24ClFN6O3/c1-23(2,3)34-22(33)31-10-12-8-13(31)9-30(12)17-7-5-15-20(29-17)21(27-11-26-15)28-14-4-6-16(32)18(24)19(14)25/h4-7,11-13,32H,8-10H2,1-3H3,(H,26,27,28)/t12-,13-/m0/s1. The number of fused-ring (bicyclic) bond motifs is 3. The Kier molecular flexibility index (Phi) is 5.35. The lowest BCUT2D eigenvalue weighted by Crippen LogP contribution is -2.50. The molecular weight excluding hydrogens is 463 g/mol. The average Bonchev–Trinajstić information content (AvgIpc) is 3.39. The molecule has 5 rings (SSSR count). The summed E-state index contributed by atoms with van der Waals surface area (Å²) < 4.78 is 20.1. The lowest BCUT2D eigenvalue weighted by atomic mass is 10.2. The number of benzene rings is 1. The Morgan fingerprint density at radius 1 is 1.21 bits per heavy atom. The molecule has 0 unspecified atom stereocenters. The number of phenolic OH excluding ortho intramolecular Hbond substituents is 1. The zero-order valence-electron chi connectivity index (χ0n) is 18.9. The Morgan fingerprint density at radius 2 is 2.00 bits per heavy atom. The lowest BCUT2D eigenvalue weighted by molar-refractivity contribution is 0.0214. The number of carbonyl (C=O) groups is 1. The number of nitrogens with one attached hydrogen (secondary N) is 1. The zero-order chi connectivity index (χ0) is 24.2. The summed E-state index contributed by atoms with van der Waals surface area (Å²) >= 11 is 5.83. The molecule has 3 aromatic rings. The number of aromatic nitrogens is 3. The molecule has 2 aromatic heterocycles. The molecule has 2 N–H and O–H groups in total. The Morgan fingerprint density at radius 3 is 2.71 bits per heavy atom. The maximum Gasteiger partial charge on any atom is 0.410 e. The van der Waals surface area contributed by atoms with Crippen LogP contribution in [0.3, 0.4) is 0 Å². The molecule has 2 saturated heterocycles. The third-order valence-electron chi connectivity index (χ3n) is 5.95. The number of hydrogen-bond donors (Lipinski definition) is 2. The number of aromatic hydroxyl groups is 1. The van der Waals surface area contributed by atoms with Gasteiger partial charge in [-0.05, 0) is 51.5 Å². The molecule has 0 radical (unpaired) electrons. The quantitative estimate of drug-likeness (QED) is 0.523. The van der Waals surface area contributed by atoms with Gasteiger partial charge in [-0.1, -0.05) is 11.6 Å². The van der Waals surface area contributed by atoms with E-state index in [0.717, 1.165) is 12.2 Å². The topological polar surface area (TPSA) is 104 Å². The Labute approximate surface area is 200 Å². The van der Waals surface area contributed by atoms with E-state index in [4.69, 9.17) is 21.3 Å². The molecule has 4 heterocycles. The van der Waals surface area contributed by atoms with Gasteiger partial charge in [0.15, 0.2) is 11.6 Å². The second-order valence-electron chi connectivity index (χ2n) is 9.47. The highest BCUT2D eigenvalue weighted by molar-refractivity contribution is 6.32. The molecule has 9 nitrogen and oxygen atoms in total. The van der Waals surface area contributed by atoms with Crippen LogP contribution < -0.4 is 10.2 Å². The van der Waals surface area contributed by atoms with Gasteiger partial charge in [0.1, 0.15) is 34.0 Å². The normalized spacial score (nSPS) is 19.7. The van der Waals surface area contributed by atoms with Crippen molar-refractivity contribution < 1.29 is 19.0 Å². The van der Waals surface area contributed by atoms with E-state index in [1.165, 1.54) is 18.5 Å². The van der Waals surface area contributed by atoms with Gasteiger partial charge in [0.2, 0.25) is 0 Å². The third kappa shape index (κ3) is 4.02. The molecule has 2 aliphatic rings. The van der Waals surface area contributed by atoms with Crippen molar-refractivity contribution in [1.29, 1.82) is 0 Å². The molecule has 2 bridgehead atoms. The van der Waals surface area contributed by atoms with E-state index < -0.39 is 11.4 Å². The number of amides is 1. The van der Waals surface area contributed by atoms with Crippen LogP contribution >= 0.6 is 11.6 Å². The molecule has 0 saturated carbocycles. The molecule has 11 heteroatoms. The van der Waals surface area contributed by atoms with Crippen LogP contribution in [0.2, 0.25) is 5.02 Å². The van der Waals surface area contributed by atoms with E-state index in [-0.39, 0.29) is 34.6 Å². The van der Waals surface area contributed by atoms with Gasteiger partial charge in [-0.25, -0.2) is 24.1 Å². The van der Waals surface area contributed by atoms with Crippen molar-refractivity contribution in [3.63, 3.8) is 0 Å². The number of rotatable bonds is 3. The molecule has 178 valence electrons. The highest BCUT2D eigenvalue weighted by Gasteiger charge is 2.47. The van der Waals surface area contributed by atoms with Crippen molar-refractivity contribution in [3.8, 4) is 5.75 Å². The van der Waals surface area contributed by atoms with Gasteiger partial charge in [-0.2, -0.15) is 0 Å². The highest BCUT2D eigenvalue weighted by atomic mass is 35.5. The highest BCUT2D eigenvalue weighted by Crippen LogP contribution is 2.36. The summed E-state index contributed by atoms with van der Waals surface area (Å²) in [7, 11) is 0. The maximum absolute atomic E-state index is 14.5. The van der Waals surface area contributed by atoms with Gasteiger partial charge < -0.3 is 25.0 Å². The second-order valence-corrected chi connectivity index (χ2v) is 9.85. The predicted octanol–water partition coefficient (Wildman–Crippen LogP) is 4.46. The first-order valence-corrected chi connectivity index (χ1v) is 11.3. The van der Waals surface area contributed by atoms with Crippen molar-refractivity contribution in [2.24, 2.45) is 0 Å². The molecule has 2 aliphatic heterocycles. The largest absolute Gasteiger partial charge is 0.506 e. The van der Waals surface area contributed by atoms with Crippen LogP contribution in [-0.4, -0.2) is 61.8 Å². The van der Waals surface area contributed by atoms with Crippen LogP contribution in [0.4, 0.5) is 26.5 Å². The molecular formula is C23H24ClFN6O3. The van der Waals surface area contributed by atoms with Crippen LogP contribution in [-0.2, 0) is 4.74 Å². The summed E-state index contributed by atoms with van der Waals surface area (Å²) in [5.74, 6) is -0.0935. The molecule has 34 heavy (non-hydrogen) atoms. The summed E-state index contributed by atoms with van der Waals surface area (Å²) in [5.41, 5.74) is 0.577. The minimum Gasteiger partial charge on any atom is -0.506 e. The summed E-state index contributed by atoms with van der Waals surface area (Å²) in [5, 5.41) is 12.1. The van der Waals surface area contributed by atoms with Crippen molar-refractivity contribution >= 4 is 46.1 Å². The van der Waals surface area contributed by atoms with E-state index in [2.05, 4.69) is 20.2 Å². The minimum absolute atomic E-state index is 0.0511. The van der Waals surface area contributed by atoms with Crippen LogP contribution in [0, 0.1) is 5.82 Å². The van der Waals surface area contributed by atoms with Crippen molar-refractivity contribution in [2.75, 3.05) is 23.3 Å². The monoisotopic (exact) mass is 486 g/mol. The fraction of sp³-hybridized carbons (Fsp3) is 0.391. The van der Waals surface area contributed by atoms with E-state index >= 15 is 0 Å². The third-order valence-corrected chi connectivity index (χ3v) is 6.30. The first-order chi connectivity index (χ1) is 16.1. The maximum atomic E-state index is 14.5. The summed E-state index contributed by atoms with van der Waals surface area (Å²) in [6, 6.07) is 6.57. The molecule has 1 amide bonds. The van der Waals surface area contributed by atoms with Crippen LogP contribution in [0.5, 0.6) is 5.75 Å². The number of nitrogens with zero attached hydrogens (tertiary/aromatic N) is 5. The molecule has 1 aromatic carbocycles. The number of ether oxygens (including phenoxy) is 1. The van der Waals surface area contributed by atoms with Gasteiger partial charge >= 0.3 is 6.09 Å². The first-order valence-electron chi connectivity index (χ1n) is 10.9. The smallest absolute Gasteiger partial charge is 0.410 e. The number of hydrogen-bond acceptors (Lipinski definition) is 8. The zero-order valence-corrected chi connectivity index (χ0v) is 19.7. The van der Waals surface area contributed by atoms with E-state index in [1.54, 1.807) is 4.90 Å². The molecule has 0 aliphatic carbocycles. The minimum atomic E-state index is -0.788. The molecule has 2 atom stereocenters. The number of likely N-dealkylation sites (tertiary alicyclic amines) is 1. The number of phenols is 1. The van der Waals surface area contributed by atoms with Gasteiger partial charge in [0.25, 0.3) is 0 Å². The fourth-order valence-electron chi connectivity index (χ4n) is 4.44. The lowest BCUT2D eigenvalue weighted by Gasteiger charge is -2.35. The number of carbonyl (C=O) groups excluding carboxylic acids is 1.